The van der Waals surface area contributed by atoms with Crippen LogP contribution < -0.4 is 24.4 Å². The van der Waals surface area contributed by atoms with Crippen LogP contribution in [-0.4, -0.2) is 23.8 Å². The Morgan fingerprint density at radius 2 is 1.59 bits per heavy atom. The number of rotatable bonds is 9. The van der Waals surface area contributed by atoms with E-state index in [1.165, 1.54) is 11.3 Å². The highest BCUT2D eigenvalue weighted by molar-refractivity contribution is 14.1. The zero-order chi connectivity index (χ0) is 34.1. The van der Waals surface area contributed by atoms with Crippen LogP contribution >= 0.6 is 33.9 Å². The number of halogens is 1. The van der Waals surface area contributed by atoms with Gasteiger partial charge in [-0.1, -0.05) is 96.3 Å². The molecule has 0 saturated heterocycles. The topological polar surface area (TPSA) is 79.1 Å². The van der Waals surface area contributed by atoms with Crippen LogP contribution in [0, 0.1) is 3.57 Å². The number of hydrogen-bond acceptors (Lipinski definition) is 7. The summed E-state index contributed by atoms with van der Waals surface area (Å²) in [7, 11) is 0. The molecule has 7 rings (SSSR count). The molecule has 6 aromatic rings. The van der Waals surface area contributed by atoms with Crippen molar-refractivity contribution in [3.63, 3.8) is 0 Å². The van der Waals surface area contributed by atoms with Gasteiger partial charge in [-0.25, -0.2) is 9.79 Å². The number of carbonyl (C=O) groups is 1. The maximum atomic E-state index is 14.3. The Morgan fingerprint density at radius 1 is 0.898 bits per heavy atom. The minimum absolute atomic E-state index is 0.213. The normalized spacial score (nSPS) is 14.5. The first-order valence-electron chi connectivity index (χ1n) is 16.1. The molecule has 5 aromatic carbocycles. The third kappa shape index (κ3) is 6.28. The Bertz CT molecular complexity index is 2450. The molecule has 0 N–H and O–H groups in total. The predicted octanol–water partition coefficient (Wildman–Crippen LogP) is 7.69. The lowest BCUT2D eigenvalue weighted by atomic mass is 9.91. The number of benzene rings is 5. The molecule has 9 heteroatoms. The highest BCUT2D eigenvalue weighted by Gasteiger charge is 2.34. The van der Waals surface area contributed by atoms with Gasteiger partial charge >= 0.3 is 5.97 Å². The van der Waals surface area contributed by atoms with Crippen LogP contribution in [0.15, 0.2) is 118 Å². The molecule has 49 heavy (non-hydrogen) atoms. The molecule has 0 bridgehead atoms. The second-order valence-corrected chi connectivity index (χ2v) is 13.7. The molecule has 0 unspecified atom stereocenters. The summed E-state index contributed by atoms with van der Waals surface area (Å²) in [4.78, 5) is 33.1. The minimum atomic E-state index is -0.701. The molecular weight excluding hydrogens is 747 g/mol. The number of nitrogens with zero attached hydrogens (tertiary/aromatic N) is 2. The van der Waals surface area contributed by atoms with Crippen molar-refractivity contribution in [1.82, 2.24) is 4.57 Å². The maximum Gasteiger partial charge on any atom is 0.338 e. The fraction of sp³-hybridized carbons (Fsp3) is 0.175. The van der Waals surface area contributed by atoms with Crippen molar-refractivity contribution in [1.29, 1.82) is 0 Å². The van der Waals surface area contributed by atoms with Crippen LogP contribution in [-0.2, 0) is 16.1 Å². The summed E-state index contributed by atoms with van der Waals surface area (Å²) in [5.41, 5.74) is 3.37. The Kier molecular flexibility index (Phi) is 9.38. The van der Waals surface area contributed by atoms with Crippen LogP contribution in [0.3, 0.4) is 0 Å². The van der Waals surface area contributed by atoms with Gasteiger partial charge in [-0.05, 0) is 99.8 Å². The third-order valence-corrected chi connectivity index (χ3v) is 10.3. The molecule has 1 aliphatic rings. The lowest BCUT2D eigenvalue weighted by Gasteiger charge is -2.25. The van der Waals surface area contributed by atoms with Crippen LogP contribution in [0.2, 0.25) is 0 Å². The van der Waals surface area contributed by atoms with E-state index in [-0.39, 0.29) is 12.2 Å². The molecular formula is C40H33IN2O5S. The summed E-state index contributed by atoms with van der Waals surface area (Å²) in [5.74, 6) is 0.772. The van der Waals surface area contributed by atoms with Gasteiger partial charge in [0.05, 0.1) is 38.6 Å². The highest BCUT2D eigenvalue weighted by atomic mass is 127. The van der Waals surface area contributed by atoms with Gasteiger partial charge in [-0.3, -0.25) is 9.36 Å². The Balaban J connectivity index is 1.32. The summed E-state index contributed by atoms with van der Waals surface area (Å²) in [6.45, 7) is 6.55. The van der Waals surface area contributed by atoms with E-state index in [0.717, 1.165) is 41.8 Å². The van der Waals surface area contributed by atoms with Crippen molar-refractivity contribution in [2.24, 2.45) is 4.99 Å². The van der Waals surface area contributed by atoms with E-state index in [4.69, 9.17) is 19.2 Å². The first-order valence-corrected chi connectivity index (χ1v) is 18.0. The van der Waals surface area contributed by atoms with Gasteiger partial charge in [0.1, 0.15) is 6.61 Å². The second-order valence-electron chi connectivity index (χ2n) is 11.6. The predicted molar refractivity (Wildman–Crippen MR) is 203 cm³/mol. The average molecular weight is 781 g/mol. The van der Waals surface area contributed by atoms with Crippen molar-refractivity contribution in [2.75, 3.05) is 13.2 Å². The molecule has 2 heterocycles. The van der Waals surface area contributed by atoms with Crippen LogP contribution in [0.5, 0.6) is 11.5 Å². The first-order chi connectivity index (χ1) is 23.9. The molecule has 0 amide bonds. The molecule has 246 valence electrons. The quantitative estimate of drug-likeness (QED) is 0.111. The number of hydrogen-bond donors (Lipinski definition) is 0. The van der Waals surface area contributed by atoms with Gasteiger partial charge < -0.3 is 14.2 Å². The van der Waals surface area contributed by atoms with Crippen molar-refractivity contribution >= 4 is 67.5 Å². The van der Waals surface area contributed by atoms with Gasteiger partial charge in [0.2, 0.25) is 0 Å². The molecule has 1 aromatic heterocycles. The lowest BCUT2D eigenvalue weighted by molar-refractivity contribution is -0.139. The zero-order valence-corrected chi connectivity index (χ0v) is 30.2. The third-order valence-electron chi connectivity index (χ3n) is 8.52. The van der Waals surface area contributed by atoms with E-state index in [1.54, 1.807) is 18.4 Å². The number of esters is 1. The molecule has 0 aliphatic carbocycles. The number of thiazole rings is 1. The van der Waals surface area contributed by atoms with E-state index < -0.39 is 12.0 Å². The maximum absolute atomic E-state index is 14.3. The van der Waals surface area contributed by atoms with Crippen molar-refractivity contribution in [3.05, 3.63) is 148 Å². The van der Waals surface area contributed by atoms with Gasteiger partial charge in [-0.2, -0.15) is 0 Å². The van der Waals surface area contributed by atoms with Crippen molar-refractivity contribution in [3.8, 4) is 11.5 Å². The molecule has 0 spiro atoms. The van der Waals surface area contributed by atoms with E-state index >= 15 is 0 Å². The lowest BCUT2D eigenvalue weighted by Crippen LogP contribution is -2.40. The fourth-order valence-electron chi connectivity index (χ4n) is 6.37. The first kappa shape index (κ1) is 32.8. The molecule has 0 radical (unpaired) electrons. The Morgan fingerprint density at radius 3 is 2.35 bits per heavy atom. The van der Waals surface area contributed by atoms with Crippen molar-refractivity contribution in [2.45, 2.75) is 33.4 Å². The van der Waals surface area contributed by atoms with Gasteiger partial charge in [0.15, 0.2) is 16.3 Å². The number of aromatic nitrogens is 1. The van der Waals surface area contributed by atoms with Crippen LogP contribution in [0.25, 0.3) is 27.6 Å². The van der Waals surface area contributed by atoms with Gasteiger partial charge in [-0.15, -0.1) is 0 Å². The van der Waals surface area contributed by atoms with E-state index in [9.17, 15) is 9.59 Å². The summed E-state index contributed by atoms with van der Waals surface area (Å²) < 4.78 is 21.0. The summed E-state index contributed by atoms with van der Waals surface area (Å²) in [6.07, 6.45) is 1.85. The Labute approximate surface area is 300 Å². The summed E-state index contributed by atoms with van der Waals surface area (Å²) >= 11 is 3.55. The largest absolute Gasteiger partial charge is 0.490 e. The fourth-order valence-corrected chi connectivity index (χ4v) is 8.20. The van der Waals surface area contributed by atoms with Gasteiger partial charge in [0, 0.05) is 0 Å². The highest BCUT2D eigenvalue weighted by Crippen LogP contribution is 2.37. The zero-order valence-electron chi connectivity index (χ0n) is 27.2. The number of allylic oxidation sites excluding steroid dienone is 1. The monoisotopic (exact) mass is 780 g/mol. The molecule has 0 fully saturated rings. The molecule has 1 atom stereocenters. The minimum Gasteiger partial charge on any atom is -0.490 e. The summed E-state index contributed by atoms with van der Waals surface area (Å²) in [5, 5.41) is 4.28. The summed E-state index contributed by atoms with van der Waals surface area (Å²) in [6, 6.07) is 31.6. The van der Waals surface area contributed by atoms with Crippen LogP contribution in [0.4, 0.5) is 0 Å². The SMILES string of the molecule is CCOC(=O)C1=C(C)N=c2s/c(=C/c3cc(I)c(OCc4cccc5ccccc45)c(OCC)c3)c(=O)n2[C@@H]1c1cccc2ccccc12. The number of carbonyl (C=O) groups excluding carboxylic acids is 1. The van der Waals surface area contributed by atoms with E-state index in [2.05, 4.69) is 46.9 Å². The number of fused-ring (bicyclic) bond motifs is 3. The van der Waals surface area contributed by atoms with E-state index in [1.807, 2.05) is 85.8 Å². The number of ether oxygens (including phenoxy) is 3. The average Bonchev–Trinajstić information content (AvgIpc) is 3.40. The smallest absolute Gasteiger partial charge is 0.338 e. The Hall–Kier alpha value is -4.74. The van der Waals surface area contributed by atoms with E-state index in [0.29, 0.717) is 45.3 Å². The van der Waals surface area contributed by atoms with Crippen molar-refractivity contribution < 1.29 is 19.0 Å². The molecule has 1 aliphatic heterocycles. The molecule has 0 saturated carbocycles. The molecule has 7 nitrogen and oxygen atoms in total. The second kappa shape index (κ2) is 14.0. The van der Waals surface area contributed by atoms with Gasteiger partial charge in [0.25, 0.3) is 5.56 Å². The van der Waals surface area contributed by atoms with Crippen LogP contribution in [0.1, 0.15) is 43.5 Å². The standard InChI is InChI=1S/C40H33IN2O5S/c1-4-46-33-21-25(20-32(41)37(33)48-23-28-16-10-14-26-12-6-8-17-29(26)28)22-34-38(44)43-36(31-19-11-15-27-13-7-9-18-30(27)31)35(39(45)47-5-2)24(3)42-40(43)49-34/h6-22,36H,4-5,23H2,1-3H3/b34-22+/t36-/m1/s1.